The van der Waals surface area contributed by atoms with Gasteiger partial charge in [0.2, 0.25) is 5.78 Å². The number of hydrogen-bond acceptors (Lipinski definition) is 5. The lowest BCUT2D eigenvalue weighted by Crippen LogP contribution is -2.06. The van der Waals surface area contributed by atoms with Gasteiger partial charge in [-0.2, -0.15) is 0 Å². The molecule has 0 spiro atoms. The molecule has 3 rings (SSSR count). The summed E-state index contributed by atoms with van der Waals surface area (Å²) in [5.41, 5.74) is 1.99. The van der Waals surface area contributed by atoms with Crippen LogP contribution in [0.4, 0.5) is 0 Å². The number of carbonyl (C=O) groups excluding carboxylic acids is 2. The Hall–Kier alpha value is -3.08. The lowest BCUT2D eigenvalue weighted by atomic mass is 10.0. The molecular weight excluding hydrogens is 320 g/mol. The lowest BCUT2D eigenvalue weighted by Gasteiger charge is -2.06. The molecule has 0 N–H and O–H groups in total. The molecule has 0 aromatic heterocycles. The smallest absolute Gasteiger partial charge is 0.310 e. The van der Waals surface area contributed by atoms with E-state index < -0.39 is 0 Å². The zero-order valence-corrected chi connectivity index (χ0v) is 14.3. The number of benzene rings is 2. The largest absolute Gasteiger partial charge is 0.497 e. The normalized spacial score (nSPS) is 14.2. The maximum Gasteiger partial charge on any atom is 0.310 e. The molecule has 2 aromatic rings. The van der Waals surface area contributed by atoms with Gasteiger partial charge in [-0.1, -0.05) is 19.1 Å². The van der Waals surface area contributed by atoms with Crippen molar-refractivity contribution in [1.82, 2.24) is 0 Å². The fourth-order valence-corrected chi connectivity index (χ4v) is 2.62. The van der Waals surface area contributed by atoms with Crippen molar-refractivity contribution in [1.29, 1.82) is 0 Å². The summed E-state index contributed by atoms with van der Waals surface area (Å²) in [5.74, 6) is 1.17. The highest BCUT2D eigenvalue weighted by atomic mass is 16.5. The van der Waals surface area contributed by atoms with Crippen LogP contribution in [-0.2, 0) is 4.79 Å². The summed E-state index contributed by atoms with van der Waals surface area (Å²) < 4.78 is 16.1. The SMILES string of the molecule is CCC(=O)Oc1cc(C)c2c(c1)O/C(=C\c1cccc(OC)c1)C2=O. The highest BCUT2D eigenvalue weighted by molar-refractivity contribution is 6.15. The van der Waals surface area contributed by atoms with Crippen molar-refractivity contribution in [3.8, 4) is 17.2 Å². The number of Topliss-reactive ketones (excluding diaryl/α,β-unsaturated/α-hetero) is 1. The van der Waals surface area contributed by atoms with E-state index in [0.717, 1.165) is 5.56 Å². The number of rotatable bonds is 4. The Kier molecular flexibility index (Phi) is 4.57. The van der Waals surface area contributed by atoms with Crippen molar-refractivity contribution in [2.75, 3.05) is 7.11 Å². The third-order valence-electron chi connectivity index (χ3n) is 3.86. The zero-order chi connectivity index (χ0) is 18.0. The predicted octanol–water partition coefficient (Wildman–Crippen LogP) is 3.94. The summed E-state index contributed by atoms with van der Waals surface area (Å²) in [6, 6.07) is 10.6. The molecule has 0 amide bonds. The van der Waals surface area contributed by atoms with Crippen LogP contribution in [0.5, 0.6) is 17.2 Å². The van der Waals surface area contributed by atoms with Gasteiger partial charge in [-0.25, -0.2) is 0 Å². The van der Waals surface area contributed by atoms with Crippen LogP contribution in [0.25, 0.3) is 6.08 Å². The quantitative estimate of drug-likeness (QED) is 0.480. The number of hydrogen-bond donors (Lipinski definition) is 0. The summed E-state index contributed by atoms with van der Waals surface area (Å²) >= 11 is 0. The maximum absolute atomic E-state index is 12.6. The Labute approximate surface area is 145 Å². The van der Waals surface area contributed by atoms with E-state index in [-0.39, 0.29) is 23.9 Å². The molecule has 5 nitrogen and oxygen atoms in total. The van der Waals surface area contributed by atoms with Gasteiger partial charge in [0.15, 0.2) is 5.76 Å². The van der Waals surface area contributed by atoms with Gasteiger partial charge in [-0.05, 0) is 42.3 Å². The molecule has 128 valence electrons. The number of ketones is 1. The summed E-state index contributed by atoms with van der Waals surface area (Å²) in [5, 5.41) is 0. The van der Waals surface area contributed by atoms with Crippen molar-refractivity contribution in [2.24, 2.45) is 0 Å². The number of ether oxygens (including phenoxy) is 3. The standard InChI is InChI=1S/C20H18O5/c1-4-18(21)24-15-8-12(2)19-16(11-15)25-17(20(19)22)10-13-6-5-7-14(9-13)23-3/h5-11H,4H2,1-3H3/b17-10-. The van der Waals surface area contributed by atoms with E-state index in [0.29, 0.717) is 28.4 Å². The Balaban J connectivity index is 1.93. The minimum atomic E-state index is -0.337. The molecule has 0 fully saturated rings. The molecule has 5 heteroatoms. The molecule has 1 heterocycles. The number of esters is 1. The fraction of sp³-hybridized carbons (Fsp3) is 0.200. The molecule has 0 atom stereocenters. The summed E-state index contributed by atoms with van der Waals surface area (Å²) in [7, 11) is 1.59. The number of aryl methyl sites for hydroxylation is 1. The third-order valence-corrected chi connectivity index (χ3v) is 3.86. The van der Waals surface area contributed by atoms with Crippen molar-refractivity contribution in [3.05, 3.63) is 58.8 Å². The van der Waals surface area contributed by atoms with Crippen LogP contribution in [0.3, 0.4) is 0 Å². The molecule has 1 aliphatic rings. The molecule has 0 saturated heterocycles. The second kappa shape index (κ2) is 6.81. The average molecular weight is 338 g/mol. The minimum Gasteiger partial charge on any atom is -0.497 e. The van der Waals surface area contributed by atoms with Gasteiger partial charge in [0.1, 0.15) is 17.2 Å². The Morgan fingerprint density at radius 2 is 2.00 bits per heavy atom. The van der Waals surface area contributed by atoms with Crippen LogP contribution in [0.15, 0.2) is 42.2 Å². The maximum atomic E-state index is 12.6. The first-order valence-electron chi connectivity index (χ1n) is 7.95. The molecule has 25 heavy (non-hydrogen) atoms. The lowest BCUT2D eigenvalue weighted by molar-refractivity contribution is -0.134. The van der Waals surface area contributed by atoms with E-state index in [4.69, 9.17) is 14.2 Å². The van der Waals surface area contributed by atoms with E-state index in [1.54, 1.807) is 39.2 Å². The number of allylic oxidation sites excluding steroid dienone is 1. The second-order valence-electron chi connectivity index (χ2n) is 5.66. The van der Waals surface area contributed by atoms with Gasteiger partial charge in [-0.15, -0.1) is 0 Å². The molecule has 0 radical (unpaired) electrons. The van der Waals surface area contributed by atoms with Crippen molar-refractivity contribution in [3.63, 3.8) is 0 Å². The van der Waals surface area contributed by atoms with Crippen molar-refractivity contribution >= 4 is 17.8 Å². The highest BCUT2D eigenvalue weighted by Crippen LogP contribution is 2.37. The molecule has 0 aliphatic carbocycles. The molecule has 2 aromatic carbocycles. The zero-order valence-electron chi connectivity index (χ0n) is 14.3. The van der Waals surface area contributed by atoms with E-state index >= 15 is 0 Å². The monoisotopic (exact) mass is 338 g/mol. The van der Waals surface area contributed by atoms with Gasteiger partial charge < -0.3 is 14.2 Å². The molecule has 0 saturated carbocycles. The van der Waals surface area contributed by atoms with E-state index in [9.17, 15) is 9.59 Å². The fourth-order valence-electron chi connectivity index (χ4n) is 2.62. The van der Waals surface area contributed by atoms with Crippen LogP contribution < -0.4 is 14.2 Å². The van der Waals surface area contributed by atoms with Gasteiger partial charge in [0.05, 0.1) is 12.7 Å². The predicted molar refractivity (Wildman–Crippen MR) is 93.0 cm³/mol. The topological polar surface area (TPSA) is 61.8 Å². The minimum absolute atomic E-state index is 0.191. The molecule has 0 bridgehead atoms. The van der Waals surface area contributed by atoms with Gasteiger partial charge in [0.25, 0.3) is 0 Å². The van der Waals surface area contributed by atoms with Crippen LogP contribution >= 0.6 is 0 Å². The molecular formula is C20H18O5. The third kappa shape index (κ3) is 3.40. The van der Waals surface area contributed by atoms with Crippen LogP contribution in [0.1, 0.15) is 34.8 Å². The number of methoxy groups -OCH3 is 1. The summed E-state index contributed by atoms with van der Waals surface area (Å²) in [6.07, 6.45) is 1.94. The van der Waals surface area contributed by atoms with Gasteiger partial charge in [-0.3, -0.25) is 9.59 Å². The summed E-state index contributed by atoms with van der Waals surface area (Å²) in [6.45, 7) is 3.51. The van der Waals surface area contributed by atoms with Gasteiger partial charge >= 0.3 is 5.97 Å². The van der Waals surface area contributed by atoms with Crippen LogP contribution in [0, 0.1) is 6.92 Å². The summed E-state index contributed by atoms with van der Waals surface area (Å²) in [4.78, 5) is 24.1. The first kappa shape index (κ1) is 16.8. The number of carbonyl (C=O) groups is 2. The van der Waals surface area contributed by atoms with Crippen molar-refractivity contribution in [2.45, 2.75) is 20.3 Å². The van der Waals surface area contributed by atoms with Crippen molar-refractivity contribution < 1.29 is 23.8 Å². The van der Waals surface area contributed by atoms with Gasteiger partial charge in [0, 0.05) is 12.5 Å². The average Bonchev–Trinajstić information content (AvgIpc) is 2.91. The first-order valence-corrected chi connectivity index (χ1v) is 7.95. The Bertz CT molecular complexity index is 880. The molecule has 0 unspecified atom stereocenters. The Morgan fingerprint density at radius 1 is 1.20 bits per heavy atom. The highest BCUT2D eigenvalue weighted by Gasteiger charge is 2.30. The number of fused-ring (bicyclic) bond motifs is 1. The van der Waals surface area contributed by atoms with E-state index in [2.05, 4.69) is 0 Å². The van der Waals surface area contributed by atoms with Crippen LogP contribution in [-0.4, -0.2) is 18.9 Å². The van der Waals surface area contributed by atoms with Crippen LogP contribution in [0.2, 0.25) is 0 Å². The molecule has 1 aliphatic heterocycles. The van der Waals surface area contributed by atoms with E-state index in [1.807, 2.05) is 24.3 Å². The van der Waals surface area contributed by atoms with E-state index in [1.165, 1.54) is 0 Å². The Morgan fingerprint density at radius 3 is 2.72 bits per heavy atom. The first-order chi connectivity index (χ1) is 12.0. The second-order valence-corrected chi connectivity index (χ2v) is 5.66.